The zero-order chi connectivity index (χ0) is 15.2. The first-order chi connectivity index (χ1) is 10.0. The highest BCUT2D eigenvalue weighted by atomic mass is 32.1. The van der Waals surface area contributed by atoms with Crippen molar-refractivity contribution in [2.75, 3.05) is 6.61 Å². The van der Waals surface area contributed by atoms with Gasteiger partial charge in [-0.2, -0.15) is 0 Å². The van der Waals surface area contributed by atoms with Gasteiger partial charge in [0.2, 0.25) is 0 Å². The molecule has 0 aliphatic heterocycles. The van der Waals surface area contributed by atoms with Crippen LogP contribution in [-0.2, 0) is 11.3 Å². The fourth-order valence-electron chi connectivity index (χ4n) is 1.92. The maximum Gasteiger partial charge on any atom is 0.255 e. The zero-order valence-corrected chi connectivity index (χ0v) is 13.1. The number of primary amides is 1. The highest BCUT2D eigenvalue weighted by Gasteiger charge is 2.07. The number of nitrogens with one attached hydrogen (secondary N) is 1. The van der Waals surface area contributed by atoms with Crippen LogP contribution in [-0.4, -0.2) is 12.5 Å². The number of carbonyl (C=O) groups is 1. The maximum atomic E-state index is 10.6. The molecule has 4 nitrogen and oxygen atoms in total. The molecule has 5 heteroatoms. The van der Waals surface area contributed by atoms with Crippen LogP contribution in [0.4, 0.5) is 0 Å². The van der Waals surface area contributed by atoms with Crippen molar-refractivity contribution in [3.8, 4) is 5.75 Å². The van der Waals surface area contributed by atoms with E-state index in [9.17, 15) is 4.79 Å². The smallest absolute Gasteiger partial charge is 0.255 e. The largest absolute Gasteiger partial charge is 0.484 e. The number of hydrogen-bond acceptors (Lipinski definition) is 4. The maximum absolute atomic E-state index is 10.6. The summed E-state index contributed by atoms with van der Waals surface area (Å²) in [5.74, 6) is 0.181. The van der Waals surface area contributed by atoms with Crippen molar-refractivity contribution in [3.05, 3.63) is 51.7 Å². The molecule has 0 aliphatic rings. The number of benzene rings is 1. The minimum absolute atomic E-state index is 0.0909. The Balaban J connectivity index is 1.84. The Morgan fingerprint density at radius 1 is 1.29 bits per heavy atom. The van der Waals surface area contributed by atoms with Gasteiger partial charge in [0.05, 0.1) is 0 Å². The fourth-order valence-corrected chi connectivity index (χ4v) is 2.82. The van der Waals surface area contributed by atoms with E-state index in [0.717, 1.165) is 6.54 Å². The summed E-state index contributed by atoms with van der Waals surface area (Å²) >= 11 is 1.82. The van der Waals surface area contributed by atoms with Gasteiger partial charge in [-0.15, -0.1) is 11.3 Å². The van der Waals surface area contributed by atoms with Gasteiger partial charge in [-0.25, -0.2) is 0 Å². The second-order valence-corrected chi connectivity index (χ2v) is 6.27. The Kier molecular flexibility index (Phi) is 5.36. The van der Waals surface area contributed by atoms with Crippen molar-refractivity contribution < 1.29 is 9.53 Å². The van der Waals surface area contributed by atoms with Gasteiger partial charge in [0.1, 0.15) is 5.75 Å². The van der Waals surface area contributed by atoms with E-state index in [1.807, 2.05) is 35.6 Å². The lowest BCUT2D eigenvalue weighted by Gasteiger charge is -2.12. The van der Waals surface area contributed by atoms with Gasteiger partial charge in [0, 0.05) is 22.3 Å². The molecule has 1 aromatic carbocycles. The quantitative estimate of drug-likeness (QED) is 0.826. The molecule has 0 radical (unpaired) electrons. The first kappa shape index (κ1) is 15.5. The summed E-state index contributed by atoms with van der Waals surface area (Å²) in [6.07, 6.45) is 0. The van der Waals surface area contributed by atoms with E-state index < -0.39 is 5.91 Å². The summed E-state index contributed by atoms with van der Waals surface area (Å²) in [4.78, 5) is 13.3. The van der Waals surface area contributed by atoms with Gasteiger partial charge in [0.15, 0.2) is 6.61 Å². The molecule has 21 heavy (non-hydrogen) atoms. The minimum Gasteiger partial charge on any atom is -0.484 e. The first-order valence-electron chi connectivity index (χ1n) is 6.84. The second-order valence-electron chi connectivity index (χ2n) is 4.95. The van der Waals surface area contributed by atoms with Crippen LogP contribution in [0.25, 0.3) is 0 Å². The van der Waals surface area contributed by atoms with Crippen LogP contribution in [0.15, 0.2) is 36.4 Å². The molecule has 2 rings (SSSR count). The van der Waals surface area contributed by atoms with Crippen molar-refractivity contribution >= 4 is 17.2 Å². The molecule has 0 aliphatic carbocycles. The van der Waals surface area contributed by atoms with Gasteiger partial charge in [-0.05, 0) is 43.7 Å². The van der Waals surface area contributed by atoms with E-state index in [1.54, 1.807) is 0 Å². The molecule has 1 heterocycles. The van der Waals surface area contributed by atoms with E-state index >= 15 is 0 Å². The molecule has 1 atom stereocenters. The summed E-state index contributed by atoms with van der Waals surface area (Å²) in [6, 6.07) is 12.3. The second kappa shape index (κ2) is 7.24. The predicted molar refractivity (Wildman–Crippen MR) is 85.4 cm³/mol. The number of carbonyl (C=O) groups excluding carboxylic acids is 1. The van der Waals surface area contributed by atoms with Crippen LogP contribution < -0.4 is 15.8 Å². The molecule has 0 saturated carbocycles. The van der Waals surface area contributed by atoms with Crippen LogP contribution in [0, 0.1) is 6.92 Å². The third kappa shape index (κ3) is 4.88. The average molecular weight is 304 g/mol. The van der Waals surface area contributed by atoms with E-state index in [0.29, 0.717) is 11.8 Å². The highest BCUT2D eigenvalue weighted by Crippen LogP contribution is 2.22. The monoisotopic (exact) mass is 304 g/mol. The number of nitrogens with two attached hydrogens (primary N) is 1. The van der Waals surface area contributed by atoms with E-state index in [1.165, 1.54) is 15.3 Å². The van der Waals surface area contributed by atoms with Crippen molar-refractivity contribution in [3.63, 3.8) is 0 Å². The summed E-state index contributed by atoms with van der Waals surface area (Å²) in [5, 5.41) is 3.49. The Hall–Kier alpha value is -1.85. The molecule has 1 aromatic heterocycles. The van der Waals surface area contributed by atoms with Crippen molar-refractivity contribution in [2.45, 2.75) is 26.4 Å². The molecule has 0 fully saturated rings. The lowest BCUT2D eigenvalue weighted by molar-refractivity contribution is -0.119. The third-order valence-corrected chi connectivity index (χ3v) is 4.29. The number of ether oxygens (including phenoxy) is 1. The molecule has 2 aromatic rings. The standard InChI is InChI=1S/C16H20N2O2S/c1-11-3-8-15(21-11)12(2)18-9-13-4-6-14(7-5-13)20-10-16(17)19/h3-8,12,18H,9-10H2,1-2H3,(H2,17,19). The predicted octanol–water partition coefficient (Wildman–Crippen LogP) is 2.77. The molecule has 112 valence electrons. The zero-order valence-electron chi connectivity index (χ0n) is 12.3. The SMILES string of the molecule is Cc1ccc(C(C)NCc2ccc(OCC(N)=O)cc2)s1. The van der Waals surface area contributed by atoms with Gasteiger partial charge < -0.3 is 15.8 Å². The van der Waals surface area contributed by atoms with Crippen LogP contribution in [0.2, 0.25) is 0 Å². The molecule has 1 amide bonds. The fraction of sp³-hybridized carbons (Fsp3) is 0.312. The Morgan fingerprint density at radius 3 is 2.57 bits per heavy atom. The molecule has 3 N–H and O–H groups in total. The van der Waals surface area contributed by atoms with Crippen LogP contribution in [0.3, 0.4) is 0 Å². The van der Waals surface area contributed by atoms with Crippen LogP contribution >= 0.6 is 11.3 Å². The van der Waals surface area contributed by atoms with E-state index in [4.69, 9.17) is 10.5 Å². The number of aryl methyl sites for hydroxylation is 1. The Labute approximate surface area is 128 Å². The Bertz CT molecular complexity index is 593. The number of rotatable bonds is 7. The normalized spacial score (nSPS) is 12.1. The van der Waals surface area contributed by atoms with Gasteiger partial charge >= 0.3 is 0 Å². The number of thiophene rings is 1. The van der Waals surface area contributed by atoms with E-state index in [2.05, 4.69) is 31.3 Å². The topological polar surface area (TPSA) is 64.3 Å². The van der Waals surface area contributed by atoms with Crippen LogP contribution in [0.5, 0.6) is 5.75 Å². The van der Waals surface area contributed by atoms with Gasteiger partial charge in [-0.1, -0.05) is 12.1 Å². The van der Waals surface area contributed by atoms with E-state index in [-0.39, 0.29) is 6.61 Å². The van der Waals surface area contributed by atoms with Crippen molar-refractivity contribution in [2.24, 2.45) is 5.73 Å². The third-order valence-electron chi connectivity index (χ3n) is 3.10. The van der Waals surface area contributed by atoms with Crippen LogP contribution in [0.1, 0.15) is 28.3 Å². The molecular formula is C16H20N2O2S. The first-order valence-corrected chi connectivity index (χ1v) is 7.66. The summed E-state index contributed by atoms with van der Waals surface area (Å²) in [7, 11) is 0. The highest BCUT2D eigenvalue weighted by molar-refractivity contribution is 7.12. The molecular weight excluding hydrogens is 284 g/mol. The molecule has 0 spiro atoms. The summed E-state index contributed by atoms with van der Waals surface area (Å²) < 4.78 is 5.23. The van der Waals surface area contributed by atoms with Crippen molar-refractivity contribution in [1.82, 2.24) is 5.32 Å². The summed E-state index contributed by atoms with van der Waals surface area (Å²) in [6.45, 7) is 4.97. The van der Waals surface area contributed by atoms with Gasteiger partial charge in [0.25, 0.3) is 5.91 Å². The number of hydrogen-bond donors (Lipinski definition) is 2. The lowest BCUT2D eigenvalue weighted by atomic mass is 10.2. The number of amides is 1. The molecule has 0 bridgehead atoms. The summed E-state index contributed by atoms with van der Waals surface area (Å²) in [5.41, 5.74) is 6.20. The van der Waals surface area contributed by atoms with Gasteiger partial charge in [-0.3, -0.25) is 4.79 Å². The van der Waals surface area contributed by atoms with Crippen molar-refractivity contribution in [1.29, 1.82) is 0 Å². The minimum atomic E-state index is -0.471. The average Bonchev–Trinajstić information content (AvgIpc) is 2.90. The molecule has 1 unspecified atom stereocenters. The molecule has 0 saturated heterocycles. The lowest BCUT2D eigenvalue weighted by Crippen LogP contribution is -2.20. The Morgan fingerprint density at radius 2 is 2.00 bits per heavy atom.